The van der Waals surface area contributed by atoms with Gasteiger partial charge in [-0.2, -0.15) is 52.2 Å². The van der Waals surface area contributed by atoms with Gasteiger partial charge in [0.2, 0.25) is 11.6 Å². The van der Waals surface area contributed by atoms with Crippen molar-refractivity contribution < 1.29 is 24.2 Å². The second-order valence-electron chi connectivity index (χ2n) is 10.4. The molecule has 2 aliphatic rings. The molecule has 45 heavy (non-hydrogen) atoms. The average molecular weight is 693 g/mol. The minimum Gasteiger partial charge on any atom is -0.493 e. The lowest BCUT2D eigenvalue weighted by Gasteiger charge is -2.21. The fourth-order valence-corrected chi connectivity index (χ4v) is 8.70. The van der Waals surface area contributed by atoms with Crippen LogP contribution in [0.25, 0.3) is 0 Å². The normalized spacial score (nSPS) is 17.3. The molecular weight excluding hydrogens is 657 g/mol. The van der Waals surface area contributed by atoms with E-state index in [1.807, 2.05) is 0 Å². The van der Waals surface area contributed by atoms with Crippen molar-refractivity contribution in [2.45, 2.75) is 38.1 Å². The third-order valence-electron chi connectivity index (χ3n) is 6.51. The van der Waals surface area contributed by atoms with E-state index < -0.39 is 34.8 Å². The van der Waals surface area contributed by atoms with Gasteiger partial charge in [-0.1, -0.05) is 42.5 Å². The Bertz CT molecular complexity index is 1500. The van der Waals surface area contributed by atoms with Crippen molar-refractivity contribution in [3.8, 4) is 5.88 Å². The number of carbonyl (C=O) groups is 2. The molecule has 0 bridgehead atoms. The van der Waals surface area contributed by atoms with E-state index in [4.69, 9.17) is 9.47 Å². The number of azo groups is 1. The van der Waals surface area contributed by atoms with Gasteiger partial charge in [-0.3, -0.25) is 23.5 Å². The Hall–Kier alpha value is -2.88. The second kappa shape index (κ2) is 17.7. The van der Waals surface area contributed by atoms with Crippen LogP contribution in [0.15, 0.2) is 74.5 Å². The number of aromatic nitrogens is 2. The van der Waals surface area contributed by atoms with Crippen LogP contribution in [0.1, 0.15) is 12.8 Å². The summed E-state index contributed by atoms with van der Waals surface area (Å²) in [6.45, 7) is 7.45. The highest BCUT2D eigenvalue weighted by atomic mass is 32.2. The number of nitrogens with zero attached hydrogens (tertiary/aromatic N) is 4. The molecule has 0 aliphatic carbocycles. The highest BCUT2D eigenvalue weighted by Gasteiger charge is 2.23. The zero-order valence-corrected chi connectivity index (χ0v) is 28.0. The van der Waals surface area contributed by atoms with Gasteiger partial charge < -0.3 is 14.6 Å². The lowest BCUT2D eigenvalue weighted by molar-refractivity contribution is -0.148. The van der Waals surface area contributed by atoms with E-state index in [-0.39, 0.29) is 38.1 Å². The smallest absolute Gasteiger partial charge is 0.333 e. The summed E-state index contributed by atoms with van der Waals surface area (Å²) in [7, 11) is 0. The van der Waals surface area contributed by atoms with Crippen LogP contribution >= 0.6 is 47.0 Å². The van der Waals surface area contributed by atoms with Crippen molar-refractivity contribution in [2.24, 2.45) is 10.2 Å². The van der Waals surface area contributed by atoms with Crippen molar-refractivity contribution in [1.82, 2.24) is 9.13 Å². The number of benzene rings is 1. The Balaban J connectivity index is 1.50. The molecule has 0 amide bonds. The number of ether oxygens (including phenoxy) is 2. The number of aromatic hydroxyl groups is 1. The van der Waals surface area contributed by atoms with Crippen LogP contribution in [0, 0.1) is 0 Å². The Morgan fingerprint density at radius 1 is 0.778 bits per heavy atom. The highest BCUT2D eigenvalue weighted by molar-refractivity contribution is 8.01. The molecule has 2 saturated heterocycles. The summed E-state index contributed by atoms with van der Waals surface area (Å²) in [4.78, 5) is 52.3. The maximum absolute atomic E-state index is 13.4. The van der Waals surface area contributed by atoms with Crippen LogP contribution in [0.3, 0.4) is 0 Å². The van der Waals surface area contributed by atoms with Gasteiger partial charge >= 0.3 is 17.6 Å². The van der Waals surface area contributed by atoms with Crippen molar-refractivity contribution in [3.05, 3.63) is 75.5 Å². The van der Waals surface area contributed by atoms with Crippen LogP contribution in [0.2, 0.25) is 0 Å². The first-order valence-corrected chi connectivity index (χ1v) is 18.9. The molecule has 2 fully saturated rings. The van der Waals surface area contributed by atoms with Gasteiger partial charge in [0.05, 0.1) is 18.5 Å². The third kappa shape index (κ3) is 10.9. The Labute approximate surface area is 278 Å². The molecule has 15 heteroatoms. The zero-order chi connectivity index (χ0) is 32.2. The number of hydrogen-bond acceptors (Lipinski definition) is 13. The van der Waals surface area contributed by atoms with Crippen molar-refractivity contribution in [1.29, 1.82) is 0 Å². The molecule has 0 atom stereocenters. The molecule has 242 valence electrons. The van der Waals surface area contributed by atoms with E-state index in [1.54, 1.807) is 77.4 Å². The molecule has 1 N–H and O–H groups in total. The van der Waals surface area contributed by atoms with Crippen molar-refractivity contribution in [2.75, 3.05) is 46.0 Å². The Morgan fingerprint density at radius 3 is 1.73 bits per heavy atom. The van der Waals surface area contributed by atoms with E-state index >= 15 is 0 Å². The summed E-state index contributed by atoms with van der Waals surface area (Å²) in [5.41, 5.74) is 0.409. The van der Waals surface area contributed by atoms with Crippen LogP contribution in [-0.4, -0.2) is 84.4 Å². The highest BCUT2D eigenvalue weighted by Crippen LogP contribution is 2.25. The van der Waals surface area contributed by atoms with Crippen molar-refractivity contribution >= 4 is 70.4 Å². The molecule has 0 spiro atoms. The fourth-order valence-electron chi connectivity index (χ4n) is 4.31. The summed E-state index contributed by atoms with van der Waals surface area (Å²) < 4.78 is 13.0. The van der Waals surface area contributed by atoms with Crippen LogP contribution in [0.4, 0.5) is 11.4 Å². The van der Waals surface area contributed by atoms with E-state index in [0.29, 0.717) is 28.7 Å². The van der Waals surface area contributed by atoms with E-state index in [9.17, 15) is 24.3 Å². The summed E-state index contributed by atoms with van der Waals surface area (Å²) in [5.74, 6) is 3.87. The molecule has 2 aliphatic heterocycles. The number of hydrogen-bond donors (Lipinski definition) is 1. The molecule has 0 radical (unpaired) electrons. The Morgan fingerprint density at radius 2 is 1.24 bits per heavy atom. The monoisotopic (exact) mass is 692 g/mol. The molecular formula is C30H36N4O7S4. The van der Waals surface area contributed by atoms with Crippen molar-refractivity contribution in [3.63, 3.8) is 0 Å². The predicted octanol–water partition coefficient (Wildman–Crippen LogP) is 4.81. The van der Waals surface area contributed by atoms with E-state index in [2.05, 4.69) is 23.4 Å². The molecule has 1 aromatic carbocycles. The minimum absolute atomic E-state index is 0.231. The third-order valence-corrected chi connectivity index (χ3v) is 11.4. The molecule has 0 unspecified atom stereocenters. The first-order chi connectivity index (χ1) is 21.7. The number of esters is 2. The van der Waals surface area contributed by atoms with E-state index in [0.717, 1.165) is 43.3 Å². The van der Waals surface area contributed by atoms with Crippen LogP contribution in [0.5, 0.6) is 5.88 Å². The first kappa shape index (κ1) is 35.0. The van der Waals surface area contributed by atoms with Gasteiger partial charge in [0.1, 0.15) is 12.2 Å². The SMILES string of the molecule is C=C1CSCC(OC(=O)CCn2c(O)c(N=Nc3ccccc3)c(=O)n(CCC(=O)OC3CSCC(=C)CSC3)c2=O)CSC1. The van der Waals surface area contributed by atoms with Gasteiger partial charge in [0.25, 0.3) is 5.56 Å². The van der Waals surface area contributed by atoms with Gasteiger partial charge in [-0.05, 0) is 12.1 Å². The minimum atomic E-state index is -0.912. The quantitative estimate of drug-likeness (QED) is 0.208. The second-order valence-corrected chi connectivity index (χ2v) is 14.5. The Kier molecular flexibility index (Phi) is 13.8. The summed E-state index contributed by atoms with van der Waals surface area (Å²) in [6.07, 6.45) is -1.08. The maximum Gasteiger partial charge on any atom is 0.333 e. The largest absolute Gasteiger partial charge is 0.493 e. The number of rotatable bonds is 10. The summed E-state index contributed by atoms with van der Waals surface area (Å²) in [6, 6.07) is 8.57. The molecule has 2 aromatic rings. The molecule has 1 aromatic heterocycles. The average Bonchev–Trinajstić information content (AvgIpc) is 2.99. The predicted molar refractivity (Wildman–Crippen MR) is 184 cm³/mol. The first-order valence-electron chi connectivity index (χ1n) is 14.3. The van der Waals surface area contributed by atoms with Gasteiger partial charge in [0, 0.05) is 59.1 Å². The number of carbonyl (C=O) groups excluding carboxylic acids is 2. The van der Waals surface area contributed by atoms with Crippen LogP contribution < -0.4 is 11.2 Å². The number of thioether (sulfide) groups is 4. The molecule has 11 nitrogen and oxygen atoms in total. The molecule has 0 saturated carbocycles. The fraction of sp³-hybridized carbons (Fsp3) is 0.467. The van der Waals surface area contributed by atoms with Gasteiger partial charge in [0.15, 0.2) is 0 Å². The maximum atomic E-state index is 13.4. The standard InChI is InChI=1S/C30H36N4O7S4/c1-20-12-42-16-23(17-43-13-20)40-25(35)8-10-33-28(37)27(32-31-22-6-4-3-5-7-22)29(38)34(30(33)39)11-9-26(36)41-24-18-44-14-21(2)15-45-19-24/h3-7,23-24,37H,1-2,8-19H2. The topological polar surface area (TPSA) is 142 Å². The summed E-state index contributed by atoms with van der Waals surface area (Å²) >= 11 is 6.58. The lowest BCUT2D eigenvalue weighted by atomic mass is 10.3. The van der Waals surface area contributed by atoms with Crippen LogP contribution in [-0.2, 0) is 32.2 Å². The van der Waals surface area contributed by atoms with Gasteiger partial charge in [-0.15, -0.1) is 5.11 Å². The summed E-state index contributed by atoms with van der Waals surface area (Å²) in [5, 5.41) is 19.0. The molecule has 4 rings (SSSR count). The zero-order valence-electron chi connectivity index (χ0n) is 24.8. The lowest BCUT2D eigenvalue weighted by Crippen LogP contribution is -2.40. The van der Waals surface area contributed by atoms with E-state index in [1.165, 1.54) is 0 Å². The molecule has 3 heterocycles. The van der Waals surface area contributed by atoms with Gasteiger partial charge in [-0.25, -0.2) is 4.79 Å².